The molecule has 0 N–H and O–H groups in total. The highest BCUT2D eigenvalue weighted by Crippen LogP contribution is 2.25. The van der Waals surface area contributed by atoms with E-state index >= 15 is 0 Å². The fraction of sp³-hybridized carbons (Fsp3) is 0.545. The van der Waals surface area contributed by atoms with Crippen LogP contribution in [0.25, 0.3) is 0 Å². The highest BCUT2D eigenvalue weighted by molar-refractivity contribution is 5.96. The van der Waals surface area contributed by atoms with Crippen LogP contribution >= 0.6 is 0 Å². The van der Waals surface area contributed by atoms with Crippen molar-refractivity contribution in [3.8, 4) is 5.75 Å². The van der Waals surface area contributed by atoms with E-state index in [1.807, 2.05) is 32.7 Å². The summed E-state index contributed by atoms with van der Waals surface area (Å²) < 4.78 is 7.30. The Kier molecular flexibility index (Phi) is 6.19. The van der Waals surface area contributed by atoms with Crippen LogP contribution in [0.2, 0.25) is 0 Å². The van der Waals surface area contributed by atoms with Crippen molar-refractivity contribution in [3.05, 3.63) is 46.8 Å². The lowest BCUT2D eigenvalue weighted by atomic mass is 9.90. The number of hydrogen-bond acceptors (Lipinski definition) is 3. The molecule has 0 unspecified atom stereocenters. The van der Waals surface area contributed by atoms with E-state index in [1.54, 1.807) is 4.68 Å². The molecular weight excluding hydrogens is 338 g/mol. The molecule has 0 radical (unpaired) electrons. The Morgan fingerprint density at radius 3 is 2.41 bits per heavy atom. The molecule has 3 rings (SSSR count). The molecule has 5 nitrogen and oxygen atoms in total. The van der Waals surface area contributed by atoms with Gasteiger partial charge < -0.3 is 9.64 Å². The lowest BCUT2D eigenvalue weighted by Gasteiger charge is -2.32. The second-order valence-corrected chi connectivity index (χ2v) is 7.52. The highest BCUT2D eigenvalue weighted by atomic mass is 16.5. The third-order valence-electron chi connectivity index (χ3n) is 5.70. The molecule has 1 saturated heterocycles. The Balaban J connectivity index is 1.49. The first-order chi connectivity index (χ1) is 13.0. The lowest BCUT2D eigenvalue weighted by molar-refractivity contribution is 0.0685. The van der Waals surface area contributed by atoms with Crippen LogP contribution in [0.15, 0.2) is 24.3 Å². The van der Waals surface area contributed by atoms with Gasteiger partial charge in [0.25, 0.3) is 5.91 Å². The van der Waals surface area contributed by atoms with E-state index in [9.17, 15) is 4.79 Å². The van der Waals surface area contributed by atoms with E-state index < -0.39 is 0 Å². The van der Waals surface area contributed by atoms with Crippen LogP contribution in [-0.4, -0.2) is 40.3 Å². The van der Waals surface area contributed by atoms with Crippen LogP contribution in [0.4, 0.5) is 0 Å². The van der Waals surface area contributed by atoms with Gasteiger partial charge in [-0.05, 0) is 70.1 Å². The van der Waals surface area contributed by atoms with Crippen molar-refractivity contribution in [1.29, 1.82) is 0 Å². The normalized spacial score (nSPS) is 15.2. The van der Waals surface area contributed by atoms with Crippen LogP contribution in [0.3, 0.4) is 0 Å². The van der Waals surface area contributed by atoms with E-state index in [2.05, 4.69) is 29.4 Å². The minimum atomic E-state index is 0.142. The van der Waals surface area contributed by atoms with Crippen molar-refractivity contribution in [2.24, 2.45) is 13.0 Å². The van der Waals surface area contributed by atoms with Crippen molar-refractivity contribution in [1.82, 2.24) is 14.7 Å². The molecule has 27 heavy (non-hydrogen) atoms. The van der Waals surface area contributed by atoms with Gasteiger partial charge >= 0.3 is 0 Å². The van der Waals surface area contributed by atoms with Crippen LogP contribution < -0.4 is 4.74 Å². The summed E-state index contributed by atoms with van der Waals surface area (Å²) in [5.74, 6) is 1.77. The number of ether oxygens (including phenoxy) is 1. The summed E-state index contributed by atoms with van der Waals surface area (Å²) in [4.78, 5) is 14.9. The molecule has 0 spiro atoms. The number of likely N-dealkylation sites (tertiary alicyclic amines) is 1. The maximum absolute atomic E-state index is 12.9. The van der Waals surface area contributed by atoms with Crippen LogP contribution in [-0.2, 0) is 13.5 Å². The predicted molar refractivity (Wildman–Crippen MR) is 107 cm³/mol. The molecule has 0 atom stereocenters. The molecule has 1 fully saturated rings. The van der Waals surface area contributed by atoms with E-state index in [0.717, 1.165) is 55.1 Å². The number of piperidine rings is 1. The van der Waals surface area contributed by atoms with Gasteiger partial charge in [0, 0.05) is 25.8 Å². The van der Waals surface area contributed by atoms with E-state index in [-0.39, 0.29) is 5.91 Å². The van der Waals surface area contributed by atoms with Gasteiger partial charge in [0.15, 0.2) is 0 Å². The third-order valence-corrected chi connectivity index (χ3v) is 5.70. The first kappa shape index (κ1) is 19.5. The van der Waals surface area contributed by atoms with Crippen LogP contribution in [0, 0.1) is 19.8 Å². The van der Waals surface area contributed by atoms with Gasteiger partial charge in [-0.3, -0.25) is 9.48 Å². The molecule has 1 aliphatic heterocycles. The Labute approximate surface area is 162 Å². The Hall–Kier alpha value is -2.30. The molecule has 1 aromatic carbocycles. The second kappa shape index (κ2) is 8.59. The van der Waals surface area contributed by atoms with Gasteiger partial charge in [-0.25, -0.2) is 0 Å². The Morgan fingerprint density at radius 2 is 1.85 bits per heavy atom. The molecule has 146 valence electrons. The third kappa shape index (κ3) is 4.52. The van der Waals surface area contributed by atoms with Crippen molar-refractivity contribution >= 4 is 5.91 Å². The molecule has 2 heterocycles. The maximum atomic E-state index is 12.9. The molecule has 2 aromatic rings. The number of hydrogen-bond donors (Lipinski definition) is 0. The smallest absolute Gasteiger partial charge is 0.257 e. The quantitative estimate of drug-likeness (QED) is 0.775. The van der Waals surface area contributed by atoms with Gasteiger partial charge in [-0.15, -0.1) is 0 Å². The van der Waals surface area contributed by atoms with Gasteiger partial charge in [0.2, 0.25) is 0 Å². The summed E-state index contributed by atoms with van der Waals surface area (Å²) in [6.07, 6.45) is 4.44. The second-order valence-electron chi connectivity index (χ2n) is 7.52. The summed E-state index contributed by atoms with van der Waals surface area (Å²) in [5, 5.41) is 4.38. The van der Waals surface area contributed by atoms with E-state index in [4.69, 9.17) is 4.74 Å². The van der Waals surface area contributed by atoms with Gasteiger partial charge in [0.05, 0.1) is 17.9 Å². The predicted octanol–water partition coefficient (Wildman–Crippen LogP) is 3.92. The topological polar surface area (TPSA) is 47.4 Å². The largest absolute Gasteiger partial charge is 0.494 e. The molecule has 1 aromatic heterocycles. The van der Waals surface area contributed by atoms with Crippen LogP contribution in [0.5, 0.6) is 5.75 Å². The number of benzene rings is 1. The fourth-order valence-corrected chi connectivity index (χ4v) is 3.96. The van der Waals surface area contributed by atoms with E-state index in [0.29, 0.717) is 12.5 Å². The fourth-order valence-electron chi connectivity index (χ4n) is 3.96. The molecule has 5 heteroatoms. The summed E-state index contributed by atoms with van der Waals surface area (Å²) in [6.45, 7) is 8.29. The summed E-state index contributed by atoms with van der Waals surface area (Å²) >= 11 is 0. The number of carbonyl (C=O) groups is 1. The minimum absolute atomic E-state index is 0.142. The van der Waals surface area contributed by atoms with Gasteiger partial charge in [-0.1, -0.05) is 12.1 Å². The zero-order valence-electron chi connectivity index (χ0n) is 17.0. The SMILES string of the molecule is CCOc1ccc(CCC2CCN(C(=O)c3c(C)nn(C)c3C)CC2)cc1. The monoisotopic (exact) mass is 369 g/mol. The van der Waals surface area contributed by atoms with Crippen molar-refractivity contribution < 1.29 is 9.53 Å². The number of amides is 1. The van der Waals surface area contributed by atoms with Crippen LogP contribution in [0.1, 0.15) is 53.5 Å². The first-order valence-electron chi connectivity index (χ1n) is 10.0. The first-order valence-corrected chi connectivity index (χ1v) is 10.0. The highest BCUT2D eigenvalue weighted by Gasteiger charge is 2.27. The number of rotatable bonds is 6. The molecule has 0 bridgehead atoms. The minimum Gasteiger partial charge on any atom is -0.494 e. The molecular formula is C22H31N3O2. The average molecular weight is 370 g/mol. The molecule has 0 saturated carbocycles. The van der Waals surface area contributed by atoms with Crippen molar-refractivity contribution in [3.63, 3.8) is 0 Å². The van der Waals surface area contributed by atoms with Gasteiger partial charge in [-0.2, -0.15) is 5.10 Å². The number of carbonyl (C=O) groups excluding carboxylic acids is 1. The average Bonchev–Trinajstić information content (AvgIpc) is 2.93. The number of aromatic nitrogens is 2. The molecule has 1 amide bonds. The number of nitrogens with zero attached hydrogens (tertiary/aromatic N) is 3. The molecule has 0 aliphatic carbocycles. The van der Waals surface area contributed by atoms with Gasteiger partial charge in [0.1, 0.15) is 5.75 Å². The summed E-state index contributed by atoms with van der Waals surface area (Å²) in [7, 11) is 1.90. The zero-order chi connectivity index (χ0) is 19.4. The maximum Gasteiger partial charge on any atom is 0.257 e. The summed E-state index contributed by atoms with van der Waals surface area (Å²) in [5.41, 5.74) is 3.93. The van der Waals surface area contributed by atoms with Crippen molar-refractivity contribution in [2.75, 3.05) is 19.7 Å². The van der Waals surface area contributed by atoms with E-state index in [1.165, 1.54) is 12.0 Å². The number of aryl methyl sites for hydroxylation is 3. The zero-order valence-corrected chi connectivity index (χ0v) is 17.0. The Bertz CT molecular complexity index is 772. The Morgan fingerprint density at radius 1 is 1.19 bits per heavy atom. The molecule has 1 aliphatic rings. The lowest BCUT2D eigenvalue weighted by Crippen LogP contribution is -2.39. The standard InChI is InChI=1S/C22H31N3O2/c1-5-27-20-10-8-18(9-11-20)6-7-19-12-14-25(15-13-19)22(26)21-16(2)23-24(4)17(21)3/h8-11,19H,5-7,12-15H2,1-4H3. The summed E-state index contributed by atoms with van der Waals surface area (Å²) in [6, 6.07) is 8.44. The van der Waals surface area contributed by atoms with Crippen molar-refractivity contribution in [2.45, 2.75) is 46.5 Å².